The third kappa shape index (κ3) is 4.20. The normalized spacial score (nSPS) is 10.6. The fraction of sp³-hybridized carbons (Fsp3) is 0.222. The van der Waals surface area contributed by atoms with Crippen LogP contribution in [0.15, 0.2) is 41.8 Å². The standard InChI is InChI=1S/C18H17FN4O3S/c1-22(10-9-15(24)26-2)18(25)16-20-17(14-4-3-11-27-14)23(21-16)13-7-5-12(19)6-8-13/h3-8,11H,9-10H2,1-2H3. The largest absolute Gasteiger partial charge is 0.469 e. The molecule has 2 aromatic heterocycles. The van der Waals surface area contributed by atoms with E-state index in [2.05, 4.69) is 14.8 Å². The highest BCUT2D eigenvalue weighted by Gasteiger charge is 2.22. The van der Waals surface area contributed by atoms with Crippen LogP contribution >= 0.6 is 11.3 Å². The first kappa shape index (κ1) is 18.7. The van der Waals surface area contributed by atoms with Gasteiger partial charge in [-0.05, 0) is 35.7 Å². The van der Waals surface area contributed by atoms with Crippen LogP contribution in [0.1, 0.15) is 17.0 Å². The Balaban J connectivity index is 1.93. The van der Waals surface area contributed by atoms with Gasteiger partial charge in [0.1, 0.15) is 5.82 Å². The van der Waals surface area contributed by atoms with Crippen molar-refractivity contribution in [1.82, 2.24) is 19.7 Å². The molecule has 0 saturated heterocycles. The molecule has 0 bridgehead atoms. The summed E-state index contributed by atoms with van der Waals surface area (Å²) in [5, 5.41) is 6.21. The van der Waals surface area contributed by atoms with Crippen LogP contribution in [0.3, 0.4) is 0 Å². The average Bonchev–Trinajstić information content (AvgIpc) is 3.35. The van der Waals surface area contributed by atoms with Gasteiger partial charge in [-0.15, -0.1) is 16.4 Å². The minimum Gasteiger partial charge on any atom is -0.469 e. The molecule has 2 heterocycles. The van der Waals surface area contributed by atoms with E-state index in [1.54, 1.807) is 19.2 Å². The molecule has 27 heavy (non-hydrogen) atoms. The van der Waals surface area contributed by atoms with E-state index >= 15 is 0 Å². The van der Waals surface area contributed by atoms with Crippen LogP contribution < -0.4 is 0 Å². The molecule has 0 fully saturated rings. The van der Waals surface area contributed by atoms with E-state index in [1.807, 2.05) is 17.5 Å². The van der Waals surface area contributed by atoms with E-state index in [1.165, 1.54) is 40.2 Å². The summed E-state index contributed by atoms with van der Waals surface area (Å²) >= 11 is 1.46. The molecule has 9 heteroatoms. The van der Waals surface area contributed by atoms with Gasteiger partial charge in [0.05, 0.1) is 24.1 Å². The van der Waals surface area contributed by atoms with Gasteiger partial charge in [-0.1, -0.05) is 6.07 Å². The third-order valence-corrected chi connectivity index (χ3v) is 4.70. The van der Waals surface area contributed by atoms with Crippen LogP contribution in [-0.4, -0.2) is 52.2 Å². The number of carbonyl (C=O) groups is 2. The molecular formula is C18H17FN4O3S. The zero-order chi connectivity index (χ0) is 19.4. The van der Waals surface area contributed by atoms with Crippen molar-refractivity contribution in [2.24, 2.45) is 0 Å². The van der Waals surface area contributed by atoms with Gasteiger partial charge in [-0.2, -0.15) is 0 Å². The lowest BCUT2D eigenvalue weighted by Gasteiger charge is -2.13. The van der Waals surface area contributed by atoms with Crippen molar-refractivity contribution >= 4 is 23.2 Å². The van der Waals surface area contributed by atoms with Crippen molar-refractivity contribution in [3.63, 3.8) is 0 Å². The maximum Gasteiger partial charge on any atom is 0.307 e. The van der Waals surface area contributed by atoms with Crippen LogP contribution in [-0.2, 0) is 9.53 Å². The highest BCUT2D eigenvalue weighted by molar-refractivity contribution is 7.13. The summed E-state index contributed by atoms with van der Waals surface area (Å²) in [5.41, 5.74) is 0.587. The van der Waals surface area contributed by atoms with Crippen molar-refractivity contribution < 1.29 is 18.7 Å². The molecule has 3 aromatic rings. The van der Waals surface area contributed by atoms with Gasteiger partial charge in [0, 0.05) is 13.6 Å². The van der Waals surface area contributed by atoms with Crippen molar-refractivity contribution in [3.05, 3.63) is 53.4 Å². The molecular weight excluding hydrogens is 371 g/mol. The number of amides is 1. The Morgan fingerprint density at radius 1 is 1.26 bits per heavy atom. The van der Waals surface area contributed by atoms with Crippen molar-refractivity contribution in [1.29, 1.82) is 0 Å². The maximum absolute atomic E-state index is 13.3. The molecule has 0 saturated carbocycles. The summed E-state index contributed by atoms with van der Waals surface area (Å²) in [7, 11) is 2.86. The van der Waals surface area contributed by atoms with Gasteiger partial charge in [-0.3, -0.25) is 9.59 Å². The Bertz CT molecular complexity index is 938. The van der Waals surface area contributed by atoms with Gasteiger partial charge in [0.2, 0.25) is 5.82 Å². The second-order valence-corrected chi connectivity index (χ2v) is 6.63. The summed E-state index contributed by atoms with van der Waals surface area (Å²) in [6.45, 7) is 0.185. The van der Waals surface area contributed by atoms with Crippen LogP contribution in [0.25, 0.3) is 16.4 Å². The third-order valence-electron chi connectivity index (χ3n) is 3.84. The number of hydrogen-bond acceptors (Lipinski definition) is 6. The Hall–Kier alpha value is -3.07. The molecule has 0 radical (unpaired) electrons. The number of nitrogens with zero attached hydrogens (tertiary/aromatic N) is 4. The van der Waals surface area contributed by atoms with E-state index < -0.39 is 11.9 Å². The number of hydrogen-bond donors (Lipinski definition) is 0. The molecule has 140 valence electrons. The molecule has 1 aromatic carbocycles. The van der Waals surface area contributed by atoms with Crippen molar-refractivity contribution in [2.75, 3.05) is 20.7 Å². The number of rotatable bonds is 6. The predicted molar refractivity (Wildman–Crippen MR) is 98.2 cm³/mol. The number of ether oxygens (including phenoxy) is 1. The Morgan fingerprint density at radius 2 is 2.00 bits per heavy atom. The molecule has 1 amide bonds. The Labute approximate surface area is 159 Å². The molecule has 0 aliphatic carbocycles. The molecule has 0 aliphatic heterocycles. The Kier molecular flexibility index (Phi) is 5.60. The number of benzene rings is 1. The molecule has 0 spiro atoms. The number of aromatic nitrogens is 3. The maximum atomic E-state index is 13.3. The summed E-state index contributed by atoms with van der Waals surface area (Å²) in [6, 6.07) is 9.50. The molecule has 0 unspecified atom stereocenters. The minimum atomic E-state index is -0.419. The highest BCUT2D eigenvalue weighted by Crippen LogP contribution is 2.26. The van der Waals surface area contributed by atoms with Gasteiger partial charge in [-0.25, -0.2) is 14.1 Å². The van der Waals surface area contributed by atoms with E-state index in [0.717, 1.165) is 4.88 Å². The zero-order valence-corrected chi connectivity index (χ0v) is 15.6. The van der Waals surface area contributed by atoms with Gasteiger partial charge < -0.3 is 9.64 Å². The number of thiophene rings is 1. The summed E-state index contributed by atoms with van der Waals surface area (Å²) in [6.07, 6.45) is 0.0786. The molecule has 0 atom stereocenters. The monoisotopic (exact) mass is 388 g/mol. The van der Waals surface area contributed by atoms with E-state index in [4.69, 9.17) is 0 Å². The quantitative estimate of drug-likeness (QED) is 0.607. The van der Waals surface area contributed by atoms with E-state index in [9.17, 15) is 14.0 Å². The zero-order valence-electron chi connectivity index (χ0n) is 14.8. The first-order valence-electron chi connectivity index (χ1n) is 8.08. The molecule has 0 N–H and O–H groups in total. The fourth-order valence-electron chi connectivity index (χ4n) is 2.36. The molecule has 3 rings (SSSR count). The van der Waals surface area contributed by atoms with E-state index in [0.29, 0.717) is 11.5 Å². The SMILES string of the molecule is COC(=O)CCN(C)C(=O)c1nc(-c2cccs2)n(-c2ccc(F)cc2)n1. The lowest BCUT2D eigenvalue weighted by molar-refractivity contribution is -0.140. The van der Waals surface area contributed by atoms with Gasteiger partial charge in [0.25, 0.3) is 5.91 Å². The molecule has 0 aliphatic rings. The number of methoxy groups -OCH3 is 1. The highest BCUT2D eigenvalue weighted by atomic mass is 32.1. The predicted octanol–water partition coefficient (Wildman–Crippen LogP) is 2.77. The van der Waals surface area contributed by atoms with E-state index in [-0.39, 0.29) is 24.6 Å². The van der Waals surface area contributed by atoms with Crippen LogP contribution in [0.2, 0.25) is 0 Å². The first-order chi connectivity index (χ1) is 13.0. The lowest BCUT2D eigenvalue weighted by atomic mass is 10.3. The smallest absolute Gasteiger partial charge is 0.307 e. The number of esters is 1. The summed E-state index contributed by atoms with van der Waals surface area (Å²) in [4.78, 5) is 30.5. The van der Waals surface area contributed by atoms with Crippen molar-refractivity contribution in [3.8, 4) is 16.4 Å². The first-order valence-corrected chi connectivity index (χ1v) is 8.96. The fourth-order valence-corrected chi connectivity index (χ4v) is 3.06. The van der Waals surface area contributed by atoms with Crippen LogP contribution in [0.5, 0.6) is 0 Å². The minimum absolute atomic E-state index is 0.00455. The van der Waals surface area contributed by atoms with Crippen LogP contribution in [0, 0.1) is 5.82 Å². The second-order valence-electron chi connectivity index (χ2n) is 5.68. The van der Waals surface area contributed by atoms with Crippen molar-refractivity contribution in [2.45, 2.75) is 6.42 Å². The van der Waals surface area contributed by atoms with Gasteiger partial charge >= 0.3 is 5.97 Å². The molecule has 7 nitrogen and oxygen atoms in total. The summed E-state index contributed by atoms with van der Waals surface area (Å²) in [5.74, 6) is -0.705. The second kappa shape index (κ2) is 8.09. The van der Waals surface area contributed by atoms with Crippen LogP contribution in [0.4, 0.5) is 4.39 Å². The number of halogens is 1. The van der Waals surface area contributed by atoms with Gasteiger partial charge in [0.15, 0.2) is 5.82 Å². The Morgan fingerprint density at radius 3 is 2.63 bits per heavy atom. The topological polar surface area (TPSA) is 77.3 Å². The summed E-state index contributed by atoms with van der Waals surface area (Å²) < 4.78 is 19.3. The average molecular weight is 388 g/mol. The number of carbonyl (C=O) groups excluding carboxylic acids is 2. The lowest BCUT2D eigenvalue weighted by Crippen LogP contribution is -2.30.